The SMILES string of the molecule is c1cc2occc2c(NCc2cncs2)n1. The maximum Gasteiger partial charge on any atom is 0.139 e. The lowest BCUT2D eigenvalue weighted by Crippen LogP contribution is -1.99. The van der Waals surface area contributed by atoms with Gasteiger partial charge in [-0.25, -0.2) is 4.98 Å². The molecule has 3 heterocycles. The van der Waals surface area contributed by atoms with E-state index in [4.69, 9.17) is 4.42 Å². The van der Waals surface area contributed by atoms with Gasteiger partial charge in [-0.2, -0.15) is 0 Å². The number of hydrogen-bond acceptors (Lipinski definition) is 5. The predicted molar refractivity (Wildman–Crippen MR) is 63.4 cm³/mol. The molecular weight excluding hydrogens is 222 g/mol. The maximum atomic E-state index is 5.31. The molecule has 0 aliphatic heterocycles. The van der Waals surface area contributed by atoms with Gasteiger partial charge in [-0.05, 0) is 12.1 Å². The minimum absolute atomic E-state index is 0.738. The van der Waals surface area contributed by atoms with Crippen molar-refractivity contribution in [2.45, 2.75) is 6.54 Å². The molecule has 80 valence electrons. The molecule has 0 saturated heterocycles. The molecule has 0 saturated carbocycles. The Kier molecular flexibility index (Phi) is 2.30. The number of rotatable bonds is 3. The van der Waals surface area contributed by atoms with Crippen molar-refractivity contribution >= 4 is 28.1 Å². The van der Waals surface area contributed by atoms with Crippen LogP contribution >= 0.6 is 11.3 Å². The topological polar surface area (TPSA) is 51.0 Å². The molecule has 5 heteroatoms. The number of furan rings is 1. The minimum Gasteiger partial charge on any atom is -0.464 e. The molecule has 0 unspecified atom stereocenters. The molecule has 0 amide bonds. The van der Waals surface area contributed by atoms with Gasteiger partial charge in [0.15, 0.2) is 0 Å². The van der Waals surface area contributed by atoms with Crippen molar-refractivity contribution in [2.24, 2.45) is 0 Å². The Morgan fingerprint density at radius 1 is 1.38 bits per heavy atom. The summed E-state index contributed by atoms with van der Waals surface area (Å²) in [5, 5.41) is 4.28. The van der Waals surface area contributed by atoms with E-state index in [1.54, 1.807) is 23.8 Å². The first kappa shape index (κ1) is 9.35. The van der Waals surface area contributed by atoms with Crippen molar-refractivity contribution < 1.29 is 4.42 Å². The fourth-order valence-electron chi connectivity index (χ4n) is 1.54. The lowest BCUT2D eigenvalue weighted by atomic mass is 10.3. The standard InChI is InChI=1S/C11H9N3OS/c1-3-13-11(9-2-4-15-10(1)9)14-6-8-5-12-7-16-8/h1-5,7H,6H2,(H,13,14). The van der Waals surface area contributed by atoms with E-state index in [9.17, 15) is 0 Å². The molecule has 1 N–H and O–H groups in total. The molecule has 3 aromatic heterocycles. The number of pyridine rings is 1. The second-order valence-corrected chi connectivity index (χ2v) is 4.28. The van der Waals surface area contributed by atoms with Crippen LogP contribution in [0.25, 0.3) is 11.0 Å². The molecule has 3 aromatic rings. The summed E-state index contributed by atoms with van der Waals surface area (Å²) in [4.78, 5) is 9.50. The molecule has 0 atom stereocenters. The Morgan fingerprint density at radius 2 is 2.38 bits per heavy atom. The first-order chi connectivity index (χ1) is 7.93. The van der Waals surface area contributed by atoms with Crippen LogP contribution in [-0.2, 0) is 6.54 Å². The van der Waals surface area contributed by atoms with Crippen LogP contribution in [0, 0.1) is 0 Å². The highest BCUT2D eigenvalue weighted by atomic mass is 32.1. The van der Waals surface area contributed by atoms with Gasteiger partial charge in [-0.15, -0.1) is 11.3 Å². The second kappa shape index (κ2) is 3.94. The molecule has 0 radical (unpaired) electrons. The summed E-state index contributed by atoms with van der Waals surface area (Å²) in [6.45, 7) is 0.738. The Labute approximate surface area is 96.0 Å². The fraction of sp³-hybridized carbons (Fsp3) is 0.0909. The van der Waals surface area contributed by atoms with Gasteiger partial charge >= 0.3 is 0 Å². The monoisotopic (exact) mass is 231 g/mol. The van der Waals surface area contributed by atoms with Crippen LogP contribution in [-0.4, -0.2) is 9.97 Å². The van der Waals surface area contributed by atoms with E-state index in [1.165, 1.54) is 4.88 Å². The highest BCUT2D eigenvalue weighted by Crippen LogP contribution is 2.22. The minimum atomic E-state index is 0.738. The van der Waals surface area contributed by atoms with E-state index in [0.29, 0.717) is 0 Å². The largest absolute Gasteiger partial charge is 0.464 e. The van der Waals surface area contributed by atoms with Gasteiger partial charge in [0.1, 0.15) is 11.4 Å². The predicted octanol–water partition coefficient (Wildman–Crippen LogP) is 2.90. The lowest BCUT2D eigenvalue weighted by Gasteiger charge is -2.03. The van der Waals surface area contributed by atoms with E-state index in [-0.39, 0.29) is 0 Å². The van der Waals surface area contributed by atoms with Gasteiger partial charge in [-0.3, -0.25) is 4.98 Å². The number of thiazole rings is 1. The van der Waals surface area contributed by atoms with Gasteiger partial charge in [0, 0.05) is 17.3 Å². The number of fused-ring (bicyclic) bond motifs is 1. The van der Waals surface area contributed by atoms with Crippen molar-refractivity contribution in [1.29, 1.82) is 0 Å². The summed E-state index contributed by atoms with van der Waals surface area (Å²) in [7, 11) is 0. The molecule has 0 spiro atoms. The van der Waals surface area contributed by atoms with E-state index in [1.807, 2.05) is 23.8 Å². The Morgan fingerprint density at radius 3 is 3.25 bits per heavy atom. The first-order valence-electron chi connectivity index (χ1n) is 4.87. The fourth-order valence-corrected chi connectivity index (χ4v) is 2.07. The third kappa shape index (κ3) is 1.65. The van der Waals surface area contributed by atoms with Crippen LogP contribution in [0.15, 0.2) is 40.7 Å². The lowest BCUT2D eigenvalue weighted by molar-refractivity contribution is 0.615. The van der Waals surface area contributed by atoms with Crippen LogP contribution in [0.1, 0.15) is 4.88 Å². The summed E-state index contributed by atoms with van der Waals surface area (Å²) in [5.74, 6) is 0.847. The van der Waals surface area contributed by atoms with Gasteiger partial charge in [-0.1, -0.05) is 0 Å². The summed E-state index contributed by atoms with van der Waals surface area (Å²) >= 11 is 1.62. The van der Waals surface area contributed by atoms with Crippen molar-refractivity contribution in [3.05, 3.63) is 41.2 Å². The Balaban J connectivity index is 1.86. The van der Waals surface area contributed by atoms with Crippen LogP contribution in [0.2, 0.25) is 0 Å². The molecule has 0 aliphatic rings. The van der Waals surface area contributed by atoms with Gasteiger partial charge < -0.3 is 9.73 Å². The summed E-state index contributed by atoms with van der Waals surface area (Å²) in [5.41, 5.74) is 2.67. The number of aromatic nitrogens is 2. The highest BCUT2D eigenvalue weighted by Gasteiger charge is 2.04. The van der Waals surface area contributed by atoms with E-state index >= 15 is 0 Å². The zero-order chi connectivity index (χ0) is 10.8. The molecule has 0 bridgehead atoms. The van der Waals surface area contributed by atoms with E-state index in [0.717, 1.165) is 23.3 Å². The number of anilines is 1. The molecule has 0 aromatic carbocycles. The van der Waals surface area contributed by atoms with Crippen molar-refractivity contribution in [3.8, 4) is 0 Å². The number of nitrogens with zero attached hydrogens (tertiary/aromatic N) is 2. The van der Waals surface area contributed by atoms with Crippen LogP contribution < -0.4 is 5.32 Å². The Hall–Kier alpha value is -1.88. The normalized spacial score (nSPS) is 10.8. The summed E-state index contributed by atoms with van der Waals surface area (Å²) in [6, 6.07) is 3.77. The Bertz CT molecular complexity index is 588. The second-order valence-electron chi connectivity index (χ2n) is 3.31. The molecular formula is C11H9N3OS. The third-order valence-electron chi connectivity index (χ3n) is 2.29. The third-order valence-corrected chi connectivity index (χ3v) is 3.07. The molecule has 0 aliphatic carbocycles. The summed E-state index contributed by atoms with van der Waals surface area (Å²) < 4.78 is 5.31. The van der Waals surface area contributed by atoms with Gasteiger partial charge in [0.25, 0.3) is 0 Å². The smallest absolute Gasteiger partial charge is 0.139 e. The zero-order valence-corrected chi connectivity index (χ0v) is 9.20. The molecule has 4 nitrogen and oxygen atoms in total. The van der Waals surface area contributed by atoms with Crippen molar-refractivity contribution in [1.82, 2.24) is 9.97 Å². The molecule has 0 fully saturated rings. The van der Waals surface area contributed by atoms with Crippen molar-refractivity contribution in [3.63, 3.8) is 0 Å². The summed E-state index contributed by atoms with van der Waals surface area (Å²) in [6.07, 6.45) is 5.26. The average molecular weight is 231 g/mol. The van der Waals surface area contributed by atoms with Crippen LogP contribution in [0.3, 0.4) is 0 Å². The highest BCUT2D eigenvalue weighted by molar-refractivity contribution is 7.09. The van der Waals surface area contributed by atoms with E-state index in [2.05, 4.69) is 15.3 Å². The quantitative estimate of drug-likeness (QED) is 0.753. The first-order valence-corrected chi connectivity index (χ1v) is 5.75. The van der Waals surface area contributed by atoms with Gasteiger partial charge in [0.05, 0.1) is 23.7 Å². The van der Waals surface area contributed by atoms with Crippen LogP contribution in [0.5, 0.6) is 0 Å². The number of nitrogens with one attached hydrogen (secondary N) is 1. The van der Waals surface area contributed by atoms with Crippen LogP contribution in [0.4, 0.5) is 5.82 Å². The number of hydrogen-bond donors (Lipinski definition) is 1. The van der Waals surface area contributed by atoms with Crippen molar-refractivity contribution in [2.75, 3.05) is 5.32 Å². The molecule has 16 heavy (non-hydrogen) atoms. The van der Waals surface area contributed by atoms with E-state index < -0.39 is 0 Å². The van der Waals surface area contributed by atoms with Gasteiger partial charge in [0.2, 0.25) is 0 Å². The molecule has 3 rings (SSSR count). The maximum absolute atomic E-state index is 5.31. The average Bonchev–Trinajstić information content (AvgIpc) is 2.97. The zero-order valence-electron chi connectivity index (χ0n) is 8.38.